The van der Waals surface area contributed by atoms with Gasteiger partial charge in [0.2, 0.25) is 5.43 Å². The number of rotatable bonds is 4. The highest BCUT2D eigenvalue weighted by atomic mass is 16.5. The summed E-state index contributed by atoms with van der Waals surface area (Å²) in [5.74, 6) is 0.376. The second kappa shape index (κ2) is 5.36. The number of benzene rings is 1. The van der Waals surface area contributed by atoms with Crippen LogP contribution in [0.4, 0.5) is 0 Å². The lowest BCUT2D eigenvalue weighted by atomic mass is 10.2. The topological polar surface area (TPSA) is 31.2 Å². The molecule has 0 unspecified atom stereocenters. The number of nitrogens with zero attached hydrogens (tertiary/aromatic N) is 1. The third-order valence-electron chi connectivity index (χ3n) is 2.75. The number of hydrogen-bond donors (Lipinski definition) is 0. The minimum Gasteiger partial charge on any atom is -0.483 e. The van der Waals surface area contributed by atoms with Crippen LogP contribution in [0.1, 0.15) is 11.3 Å². The first kappa shape index (κ1) is 12.2. The van der Waals surface area contributed by atoms with Gasteiger partial charge in [-0.1, -0.05) is 36.9 Å². The van der Waals surface area contributed by atoms with Gasteiger partial charge in [-0.25, -0.2) is 0 Å². The van der Waals surface area contributed by atoms with Crippen LogP contribution in [0.2, 0.25) is 0 Å². The third-order valence-corrected chi connectivity index (χ3v) is 2.75. The summed E-state index contributed by atoms with van der Waals surface area (Å²) < 4.78 is 7.38. The smallest absolute Gasteiger partial charge is 0.223 e. The van der Waals surface area contributed by atoms with Gasteiger partial charge in [-0.2, -0.15) is 0 Å². The molecule has 18 heavy (non-hydrogen) atoms. The normalized spacial score (nSPS) is 10.1. The Bertz CT molecular complexity index is 600. The molecule has 2 aromatic rings. The molecule has 1 aromatic heterocycles. The van der Waals surface area contributed by atoms with Crippen LogP contribution in [0, 0.1) is 6.92 Å². The van der Waals surface area contributed by atoms with Gasteiger partial charge in [0, 0.05) is 18.5 Å². The van der Waals surface area contributed by atoms with E-state index < -0.39 is 0 Å². The Hall–Kier alpha value is -2.29. The number of ether oxygens (including phenoxy) is 1. The molecule has 0 saturated carbocycles. The zero-order valence-corrected chi connectivity index (χ0v) is 10.3. The summed E-state index contributed by atoms with van der Waals surface area (Å²) in [6.45, 7) is 5.91. The Morgan fingerprint density at radius 2 is 2.00 bits per heavy atom. The molecule has 0 atom stereocenters. The van der Waals surface area contributed by atoms with Crippen molar-refractivity contribution in [3.05, 3.63) is 70.7 Å². The van der Waals surface area contributed by atoms with E-state index in [1.807, 2.05) is 37.3 Å². The predicted octanol–water partition coefficient (Wildman–Crippen LogP) is 2.84. The van der Waals surface area contributed by atoms with Crippen molar-refractivity contribution in [2.75, 3.05) is 0 Å². The van der Waals surface area contributed by atoms with E-state index in [-0.39, 0.29) is 5.43 Å². The molecule has 0 aliphatic rings. The van der Waals surface area contributed by atoms with E-state index in [4.69, 9.17) is 4.74 Å². The van der Waals surface area contributed by atoms with Crippen molar-refractivity contribution < 1.29 is 4.74 Å². The van der Waals surface area contributed by atoms with E-state index >= 15 is 0 Å². The highest BCUT2D eigenvalue weighted by molar-refractivity contribution is 5.34. The zero-order chi connectivity index (χ0) is 13.0. The molecule has 0 bridgehead atoms. The third kappa shape index (κ3) is 2.51. The van der Waals surface area contributed by atoms with Crippen LogP contribution in [0.3, 0.4) is 0 Å². The highest BCUT2D eigenvalue weighted by Crippen LogP contribution is 2.13. The second-order valence-corrected chi connectivity index (χ2v) is 3.96. The minimum atomic E-state index is -0.110. The summed E-state index contributed by atoms with van der Waals surface area (Å²) in [4.78, 5) is 11.8. The van der Waals surface area contributed by atoms with Crippen molar-refractivity contribution in [2.45, 2.75) is 13.5 Å². The van der Waals surface area contributed by atoms with Gasteiger partial charge in [0.05, 0.1) is 5.69 Å². The fraction of sp³-hybridized carbons (Fsp3) is 0.133. The molecular weight excluding hydrogens is 226 g/mol. The van der Waals surface area contributed by atoms with Crippen LogP contribution < -0.4 is 10.2 Å². The van der Waals surface area contributed by atoms with Crippen LogP contribution in [0.25, 0.3) is 6.20 Å². The molecule has 3 heteroatoms. The molecule has 92 valence electrons. The lowest BCUT2D eigenvalue weighted by molar-refractivity contribution is 0.299. The average Bonchev–Trinajstić information content (AvgIpc) is 2.40. The van der Waals surface area contributed by atoms with Crippen molar-refractivity contribution >= 4 is 6.20 Å². The average molecular weight is 241 g/mol. The van der Waals surface area contributed by atoms with Gasteiger partial charge >= 0.3 is 0 Å². The Balaban J connectivity index is 2.24. The Kier molecular flexibility index (Phi) is 3.63. The largest absolute Gasteiger partial charge is 0.483 e. The van der Waals surface area contributed by atoms with Gasteiger partial charge in [0.15, 0.2) is 5.75 Å². The molecule has 0 saturated heterocycles. The monoisotopic (exact) mass is 241 g/mol. The van der Waals surface area contributed by atoms with Crippen molar-refractivity contribution in [2.24, 2.45) is 0 Å². The van der Waals surface area contributed by atoms with Crippen LogP contribution in [0.5, 0.6) is 5.75 Å². The first-order valence-electron chi connectivity index (χ1n) is 5.73. The van der Waals surface area contributed by atoms with E-state index in [2.05, 4.69) is 6.58 Å². The van der Waals surface area contributed by atoms with Crippen LogP contribution >= 0.6 is 0 Å². The summed E-state index contributed by atoms with van der Waals surface area (Å²) >= 11 is 0. The molecule has 0 spiro atoms. The second-order valence-electron chi connectivity index (χ2n) is 3.96. The van der Waals surface area contributed by atoms with Gasteiger partial charge in [-0.15, -0.1) is 0 Å². The molecule has 1 heterocycles. The zero-order valence-electron chi connectivity index (χ0n) is 10.3. The van der Waals surface area contributed by atoms with Gasteiger partial charge in [-0.05, 0) is 12.5 Å². The molecule has 0 N–H and O–H groups in total. The fourth-order valence-corrected chi connectivity index (χ4v) is 1.73. The number of pyridine rings is 1. The molecule has 0 radical (unpaired) electrons. The number of aromatic nitrogens is 1. The van der Waals surface area contributed by atoms with Gasteiger partial charge in [-0.3, -0.25) is 4.79 Å². The van der Waals surface area contributed by atoms with Gasteiger partial charge in [0.1, 0.15) is 6.61 Å². The standard InChI is InChI=1S/C15H15NO2/c1-3-16-10-9-14(17)15(12(16)2)18-11-13-7-5-4-6-8-13/h3-10H,1,11H2,2H3. The maximum atomic E-state index is 11.8. The maximum Gasteiger partial charge on any atom is 0.223 e. The quantitative estimate of drug-likeness (QED) is 0.824. The van der Waals surface area contributed by atoms with Gasteiger partial charge < -0.3 is 9.30 Å². The first-order chi connectivity index (χ1) is 8.72. The van der Waals surface area contributed by atoms with Crippen molar-refractivity contribution in [1.82, 2.24) is 4.57 Å². The molecule has 0 fully saturated rings. The lowest BCUT2D eigenvalue weighted by Gasteiger charge is -2.11. The van der Waals surface area contributed by atoms with Crippen LogP contribution in [0.15, 0.2) is 54.0 Å². The molecule has 0 aliphatic heterocycles. The summed E-state index contributed by atoms with van der Waals surface area (Å²) in [6, 6.07) is 11.2. The SMILES string of the molecule is C=Cn1ccc(=O)c(OCc2ccccc2)c1C. The molecule has 3 nitrogen and oxygen atoms in total. The van der Waals surface area contributed by atoms with Gasteiger partial charge in [0.25, 0.3) is 0 Å². The lowest BCUT2D eigenvalue weighted by Crippen LogP contribution is -2.12. The van der Waals surface area contributed by atoms with Crippen molar-refractivity contribution in [3.63, 3.8) is 0 Å². The van der Waals surface area contributed by atoms with E-state index in [0.717, 1.165) is 11.3 Å². The van der Waals surface area contributed by atoms with Crippen molar-refractivity contribution in [1.29, 1.82) is 0 Å². The summed E-state index contributed by atoms with van der Waals surface area (Å²) in [7, 11) is 0. The Morgan fingerprint density at radius 1 is 1.28 bits per heavy atom. The Morgan fingerprint density at radius 3 is 2.67 bits per heavy atom. The van der Waals surface area contributed by atoms with Crippen LogP contribution in [-0.4, -0.2) is 4.57 Å². The van der Waals surface area contributed by atoms with Crippen molar-refractivity contribution in [3.8, 4) is 5.75 Å². The Labute approximate surface area is 106 Å². The molecular formula is C15H15NO2. The molecule has 0 amide bonds. The maximum absolute atomic E-state index is 11.8. The van der Waals surface area contributed by atoms with E-state index in [0.29, 0.717) is 12.4 Å². The van der Waals surface area contributed by atoms with E-state index in [1.54, 1.807) is 17.0 Å². The summed E-state index contributed by atoms with van der Waals surface area (Å²) in [6.07, 6.45) is 3.32. The first-order valence-corrected chi connectivity index (χ1v) is 5.73. The number of hydrogen-bond acceptors (Lipinski definition) is 2. The molecule has 1 aromatic carbocycles. The summed E-state index contributed by atoms with van der Waals surface area (Å²) in [5.41, 5.74) is 1.68. The molecule has 2 rings (SSSR count). The predicted molar refractivity (Wildman–Crippen MR) is 72.6 cm³/mol. The summed E-state index contributed by atoms with van der Waals surface area (Å²) in [5, 5.41) is 0. The molecule has 0 aliphatic carbocycles. The van der Waals surface area contributed by atoms with E-state index in [1.165, 1.54) is 6.07 Å². The minimum absolute atomic E-state index is 0.110. The fourth-order valence-electron chi connectivity index (χ4n) is 1.73. The van der Waals surface area contributed by atoms with Crippen LogP contribution in [-0.2, 0) is 6.61 Å². The highest BCUT2D eigenvalue weighted by Gasteiger charge is 2.07. The van der Waals surface area contributed by atoms with E-state index in [9.17, 15) is 4.79 Å².